The molecule has 2 aromatic carbocycles. The number of benzene rings is 2. The molecule has 0 unspecified atom stereocenters. The molecule has 2 heterocycles. The molecule has 0 radical (unpaired) electrons. The molecule has 0 spiro atoms. The third-order valence-corrected chi connectivity index (χ3v) is 9.82. The maximum absolute atomic E-state index is 13.7. The van der Waals surface area contributed by atoms with E-state index >= 15 is 0 Å². The molecule has 2 N–H and O–H groups in total. The monoisotopic (exact) mass is 575 g/mol. The number of carbonyl (C=O) groups is 1. The second-order valence-electron chi connectivity index (χ2n) is 11.6. The number of nitrogens with one attached hydrogen (secondary N) is 2. The first-order chi connectivity index (χ1) is 19.9. The minimum absolute atomic E-state index is 0.109. The van der Waals surface area contributed by atoms with E-state index in [1.54, 1.807) is 12.1 Å². The summed E-state index contributed by atoms with van der Waals surface area (Å²) in [6.45, 7) is 4.59. The Morgan fingerprint density at radius 3 is 2.56 bits per heavy atom. The van der Waals surface area contributed by atoms with Crippen LogP contribution in [0.3, 0.4) is 0 Å². The van der Waals surface area contributed by atoms with Crippen LogP contribution < -0.4 is 9.46 Å². The molecular formula is C31H37N5O4S. The molecule has 10 heteroatoms. The van der Waals surface area contributed by atoms with Crippen molar-refractivity contribution in [3.63, 3.8) is 0 Å². The Kier molecular flexibility index (Phi) is 8.02. The normalized spacial score (nSPS) is 18.0. The van der Waals surface area contributed by atoms with Gasteiger partial charge >= 0.3 is 0 Å². The summed E-state index contributed by atoms with van der Waals surface area (Å²) in [6, 6.07) is 12.6. The second kappa shape index (κ2) is 11.8. The molecule has 0 atom stereocenters. The highest BCUT2D eigenvalue weighted by atomic mass is 32.2. The Morgan fingerprint density at radius 1 is 1.05 bits per heavy atom. The van der Waals surface area contributed by atoms with E-state index in [4.69, 9.17) is 4.74 Å². The molecule has 2 aliphatic carbocycles. The van der Waals surface area contributed by atoms with Gasteiger partial charge in [0.25, 0.3) is 5.91 Å². The Morgan fingerprint density at radius 2 is 1.83 bits per heavy atom. The minimum atomic E-state index is -3.70. The zero-order valence-corrected chi connectivity index (χ0v) is 24.1. The first-order valence-corrected chi connectivity index (χ1v) is 16.2. The summed E-state index contributed by atoms with van der Waals surface area (Å²) in [6.07, 6.45) is 8.28. The van der Waals surface area contributed by atoms with Crippen LogP contribution in [0.4, 0.5) is 0 Å². The third kappa shape index (κ3) is 6.75. The van der Waals surface area contributed by atoms with Gasteiger partial charge in [-0.1, -0.05) is 0 Å². The van der Waals surface area contributed by atoms with Crippen molar-refractivity contribution in [3.8, 4) is 11.8 Å². The molecule has 216 valence electrons. The number of nitrogens with zero attached hydrogens (tertiary/aromatic N) is 3. The van der Waals surface area contributed by atoms with E-state index in [9.17, 15) is 18.5 Å². The van der Waals surface area contributed by atoms with Gasteiger partial charge in [0.05, 0.1) is 28.7 Å². The fraction of sp³-hybridized carbons (Fsp3) is 0.484. The molecule has 0 bridgehead atoms. The minimum Gasteiger partial charge on any atom is -0.492 e. The highest BCUT2D eigenvalue weighted by Crippen LogP contribution is 2.32. The standard InChI is InChI=1S/C31H37N5O4S/c32-18-24-7-9-29-27(16-24)25(20-33-29)2-1-11-35-12-14-36(15-13-35)31(37)28-17-26(41(38,39)34-19-22-3-4-22)8-10-30(28)40-21-23-5-6-23/h7-10,16-17,20,22-23,33-34H,1-6,11-15,19,21H2. The van der Waals surface area contributed by atoms with Crippen LogP contribution in [-0.4, -0.2) is 75.0 Å². The van der Waals surface area contributed by atoms with Gasteiger partial charge in [-0.3, -0.25) is 9.69 Å². The Hall–Kier alpha value is -3.39. The van der Waals surface area contributed by atoms with Gasteiger partial charge in [0.1, 0.15) is 5.75 Å². The molecule has 3 aliphatic rings. The van der Waals surface area contributed by atoms with Crippen molar-refractivity contribution >= 4 is 26.8 Å². The number of hydrogen-bond donors (Lipinski definition) is 2. The Bertz CT molecular complexity index is 1560. The average molecular weight is 576 g/mol. The fourth-order valence-electron chi connectivity index (χ4n) is 5.39. The van der Waals surface area contributed by atoms with Gasteiger partial charge in [-0.05, 0) is 98.9 Å². The topological polar surface area (TPSA) is 119 Å². The lowest BCUT2D eigenvalue weighted by Crippen LogP contribution is -2.49. The number of carbonyl (C=O) groups excluding carboxylic acids is 1. The van der Waals surface area contributed by atoms with Crippen LogP contribution in [0.1, 0.15) is 53.6 Å². The summed E-state index contributed by atoms with van der Waals surface area (Å²) in [5, 5.41) is 10.3. The molecule has 1 saturated heterocycles. The van der Waals surface area contributed by atoms with Crippen LogP contribution in [0.25, 0.3) is 10.9 Å². The predicted octanol–water partition coefficient (Wildman–Crippen LogP) is 3.91. The van der Waals surface area contributed by atoms with Crippen LogP contribution in [0.5, 0.6) is 5.75 Å². The largest absolute Gasteiger partial charge is 0.492 e. The highest BCUT2D eigenvalue weighted by Gasteiger charge is 2.29. The van der Waals surface area contributed by atoms with E-state index in [2.05, 4.69) is 20.7 Å². The fourth-order valence-corrected chi connectivity index (χ4v) is 6.53. The Balaban J connectivity index is 1.07. The SMILES string of the molecule is N#Cc1ccc2[nH]cc(CCCN3CCN(C(=O)c4cc(S(=O)(=O)NCC5CC5)ccc4OCC4CC4)CC3)c2c1. The van der Waals surface area contributed by atoms with E-state index in [1.807, 2.05) is 29.3 Å². The van der Waals surface area contributed by atoms with Crippen molar-refractivity contribution in [2.45, 2.75) is 43.4 Å². The number of fused-ring (bicyclic) bond motifs is 1. The summed E-state index contributed by atoms with van der Waals surface area (Å²) in [4.78, 5) is 21.3. The van der Waals surface area contributed by atoms with Gasteiger partial charge in [0, 0.05) is 49.8 Å². The molecule has 1 aliphatic heterocycles. The van der Waals surface area contributed by atoms with E-state index in [0.29, 0.717) is 55.0 Å². The number of piperazine rings is 1. The van der Waals surface area contributed by atoms with E-state index < -0.39 is 10.0 Å². The first-order valence-electron chi connectivity index (χ1n) is 14.7. The second-order valence-corrected chi connectivity index (χ2v) is 13.4. The van der Waals surface area contributed by atoms with Gasteiger partial charge in [0.2, 0.25) is 10.0 Å². The number of aromatic amines is 1. The molecular weight excluding hydrogens is 538 g/mol. The summed E-state index contributed by atoms with van der Waals surface area (Å²) in [7, 11) is -3.70. The number of nitriles is 1. The van der Waals surface area contributed by atoms with Gasteiger partial charge in [-0.15, -0.1) is 0 Å². The molecule has 1 amide bonds. The van der Waals surface area contributed by atoms with Crippen LogP contribution in [0.15, 0.2) is 47.5 Å². The molecule has 9 nitrogen and oxygen atoms in total. The molecule has 3 fully saturated rings. The number of ether oxygens (including phenoxy) is 1. The summed E-state index contributed by atoms with van der Waals surface area (Å²) in [5.74, 6) is 1.22. The van der Waals surface area contributed by atoms with Gasteiger partial charge < -0.3 is 14.6 Å². The molecule has 3 aromatic rings. The number of hydrogen-bond acceptors (Lipinski definition) is 6. The molecule has 41 heavy (non-hydrogen) atoms. The van der Waals surface area contributed by atoms with Crippen molar-refractivity contribution in [3.05, 3.63) is 59.3 Å². The summed E-state index contributed by atoms with van der Waals surface area (Å²) < 4.78 is 34.6. The predicted molar refractivity (Wildman–Crippen MR) is 156 cm³/mol. The summed E-state index contributed by atoms with van der Waals surface area (Å²) in [5.41, 5.74) is 3.25. The maximum atomic E-state index is 13.7. The highest BCUT2D eigenvalue weighted by molar-refractivity contribution is 7.89. The number of aryl methyl sites for hydroxylation is 1. The smallest absolute Gasteiger partial charge is 0.257 e. The van der Waals surface area contributed by atoms with Gasteiger partial charge in [0.15, 0.2) is 0 Å². The van der Waals surface area contributed by atoms with Crippen molar-refractivity contribution in [1.82, 2.24) is 19.5 Å². The van der Waals surface area contributed by atoms with Crippen molar-refractivity contribution in [1.29, 1.82) is 5.26 Å². The maximum Gasteiger partial charge on any atom is 0.257 e. The van der Waals surface area contributed by atoms with Crippen LogP contribution in [0.2, 0.25) is 0 Å². The van der Waals surface area contributed by atoms with Gasteiger partial charge in [-0.25, -0.2) is 13.1 Å². The quantitative estimate of drug-likeness (QED) is 0.338. The van der Waals surface area contributed by atoms with E-state index in [1.165, 1.54) is 11.6 Å². The van der Waals surface area contributed by atoms with Crippen molar-refractivity contribution < 1.29 is 17.9 Å². The lowest BCUT2D eigenvalue weighted by Gasteiger charge is -2.35. The average Bonchev–Trinajstić information content (AvgIpc) is 3.93. The van der Waals surface area contributed by atoms with Crippen molar-refractivity contribution in [2.24, 2.45) is 11.8 Å². The number of sulfonamides is 1. The van der Waals surface area contributed by atoms with Gasteiger partial charge in [-0.2, -0.15) is 5.26 Å². The first kappa shape index (κ1) is 27.8. The van der Waals surface area contributed by atoms with Crippen LogP contribution in [0, 0.1) is 23.2 Å². The number of aromatic nitrogens is 1. The van der Waals surface area contributed by atoms with Crippen LogP contribution >= 0.6 is 0 Å². The summed E-state index contributed by atoms with van der Waals surface area (Å²) >= 11 is 0. The van der Waals surface area contributed by atoms with Crippen LogP contribution in [-0.2, 0) is 16.4 Å². The van der Waals surface area contributed by atoms with E-state index in [-0.39, 0.29) is 10.8 Å². The Labute approximate surface area is 241 Å². The zero-order valence-electron chi connectivity index (χ0n) is 23.3. The lowest BCUT2D eigenvalue weighted by atomic mass is 10.1. The number of rotatable bonds is 12. The van der Waals surface area contributed by atoms with Crippen molar-refractivity contribution in [2.75, 3.05) is 45.9 Å². The zero-order chi connectivity index (χ0) is 28.4. The number of H-pyrrole nitrogens is 1. The molecule has 1 aromatic heterocycles. The third-order valence-electron chi connectivity index (χ3n) is 8.40. The van der Waals surface area contributed by atoms with E-state index in [0.717, 1.165) is 69.1 Å². The number of amides is 1. The lowest BCUT2D eigenvalue weighted by molar-refractivity contribution is 0.0631. The molecule has 6 rings (SSSR count). The molecule has 2 saturated carbocycles.